The number of amides is 1. The lowest BCUT2D eigenvalue weighted by molar-refractivity contribution is -0.129. The van der Waals surface area contributed by atoms with E-state index in [1.807, 2.05) is 4.90 Å². The lowest BCUT2D eigenvalue weighted by Crippen LogP contribution is -2.39. The largest absolute Gasteiger partial charge is 0.342 e. The standard InChI is InChI=1S/C12H22N2O/c1-10-4-5-11(8-10)13-9-12(15)14-6-2-3-7-14/h10-11,13H,2-9H2,1H3. The van der Waals surface area contributed by atoms with Crippen molar-refractivity contribution in [3.63, 3.8) is 0 Å². The van der Waals surface area contributed by atoms with E-state index < -0.39 is 0 Å². The number of nitrogens with one attached hydrogen (secondary N) is 1. The molecule has 1 saturated heterocycles. The summed E-state index contributed by atoms with van der Waals surface area (Å²) in [6.45, 7) is 4.80. The molecule has 15 heavy (non-hydrogen) atoms. The van der Waals surface area contributed by atoms with Crippen LogP contribution in [0.3, 0.4) is 0 Å². The second kappa shape index (κ2) is 4.97. The summed E-state index contributed by atoms with van der Waals surface area (Å²) in [7, 11) is 0. The molecule has 0 bridgehead atoms. The van der Waals surface area contributed by atoms with Gasteiger partial charge in [0.25, 0.3) is 0 Å². The molecule has 1 amide bonds. The second-order valence-electron chi connectivity index (χ2n) is 5.08. The van der Waals surface area contributed by atoms with Gasteiger partial charge in [-0.15, -0.1) is 0 Å². The smallest absolute Gasteiger partial charge is 0.236 e. The van der Waals surface area contributed by atoms with E-state index in [0.717, 1.165) is 19.0 Å². The molecule has 2 fully saturated rings. The molecule has 2 unspecified atom stereocenters. The minimum Gasteiger partial charge on any atom is -0.342 e. The molecule has 0 spiro atoms. The number of nitrogens with zero attached hydrogens (tertiary/aromatic N) is 1. The van der Waals surface area contributed by atoms with Crippen molar-refractivity contribution in [3.05, 3.63) is 0 Å². The molecule has 0 aromatic heterocycles. The maximum Gasteiger partial charge on any atom is 0.236 e. The number of hydrogen-bond donors (Lipinski definition) is 1. The quantitative estimate of drug-likeness (QED) is 0.763. The lowest BCUT2D eigenvalue weighted by Gasteiger charge is -2.18. The van der Waals surface area contributed by atoms with Crippen LogP contribution in [-0.2, 0) is 4.79 Å². The fourth-order valence-corrected chi connectivity index (χ4v) is 2.70. The van der Waals surface area contributed by atoms with Crippen molar-refractivity contribution >= 4 is 5.91 Å². The molecule has 1 N–H and O–H groups in total. The minimum absolute atomic E-state index is 0.298. The molecule has 1 saturated carbocycles. The van der Waals surface area contributed by atoms with Crippen molar-refractivity contribution < 1.29 is 4.79 Å². The Morgan fingerprint density at radius 1 is 1.33 bits per heavy atom. The van der Waals surface area contributed by atoms with Crippen LogP contribution < -0.4 is 5.32 Å². The topological polar surface area (TPSA) is 32.3 Å². The number of carbonyl (C=O) groups excluding carboxylic acids is 1. The summed E-state index contributed by atoms with van der Waals surface area (Å²) in [6, 6.07) is 0.589. The highest BCUT2D eigenvalue weighted by Crippen LogP contribution is 2.24. The normalized spacial score (nSPS) is 31.1. The van der Waals surface area contributed by atoms with Crippen LogP contribution in [0.1, 0.15) is 39.0 Å². The molecule has 0 radical (unpaired) electrons. The summed E-state index contributed by atoms with van der Waals surface area (Å²) in [4.78, 5) is 13.7. The zero-order valence-electron chi connectivity index (χ0n) is 9.67. The average Bonchev–Trinajstić information content (AvgIpc) is 2.84. The first-order valence-electron chi connectivity index (χ1n) is 6.27. The Kier molecular flexibility index (Phi) is 3.62. The van der Waals surface area contributed by atoms with Crippen molar-refractivity contribution in [2.75, 3.05) is 19.6 Å². The van der Waals surface area contributed by atoms with Gasteiger partial charge in [-0.25, -0.2) is 0 Å². The molecule has 86 valence electrons. The predicted octanol–water partition coefficient (Wildman–Crippen LogP) is 1.39. The van der Waals surface area contributed by atoms with Gasteiger partial charge in [0.1, 0.15) is 0 Å². The molecule has 1 aliphatic carbocycles. The first kappa shape index (κ1) is 10.9. The van der Waals surface area contributed by atoms with Crippen molar-refractivity contribution in [2.45, 2.75) is 45.1 Å². The van der Waals surface area contributed by atoms with Gasteiger partial charge in [0.15, 0.2) is 0 Å². The van der Waals surface area contributed by atoms with E-state index >= 15 is 0 Å². The van der Waals surface area contributed by atoms with Gasteiger partial charge in [-0.05, 0) is 38.0 Å². The maximum atomic E-state index is 11.7. The first-order valence-corrected chi connectivity index (χ1v) is 6.27. The van der Waals surface area contributed by atoms with Crippen LogP contribution in [-0.4, -0.2) is 36.5 Å². The Morgan fingerprint density at radius 2 is 2.07 bits per heavy atom. The number of likely N-dealkylation sites (tertiary alicyclic amines) is 1. The third-order valence-corrected chi connectivity index (χ3v) is 3.70. The zero-order chi connectivity index (χ0) is 10.7. The summed E-state index contributed by atoms with van der Waals surface area (Å²) >= 11 is 0. The van der Waals surface area contributed by atoms with Gasteiger partial charge < -0.3 is 10.2 Å². The van der Waals surface area contributed by atoms with Gasteiger partial charge in [0.2, 0.25) is 5.91 Å². The van der Waals surface area contributed by atoms with E-state index in [9.17, 15) is 4.79 Å². The van der Waals surface area contributed by atoms with Crippen molar-refractivity contribution in [1.29, 1.82) is 0 Å². The molecule has 2 atom stereocenters. The van der Waals surface area contributed by atoms with Gasteiger partial charge in [-0.1, -0.05) is 6.92 Å². The Labute approximate surface area is 92.2 Å². The van der Waals surface area contributed by atoms with E-state index in [2.05, 4.69) is 12.2 Å². The molecule has 0 aromatic rings. The Morgan fingerprint density at radius 3 is 2.67 bits per heavy atom. The highest BCUT2D eigenvalue weighted by atomic mass is 16.2. The highest BCUT2D eigenvalue weighted by molar-refractivity contribution is 5.78. The number of carbonyl (C=O) groups is 1. The van der Waals surface area contributed by atoms with Gasteiger partial charge in [0, 0.05) is 19.1 Å². The molecule has 2 aliphatic rings. The van der Waals surface area contributed by atoms with Crippen molar-refractivity contribution in [2.24, 2.45) is 5.92 Å². The van der Waals surface area contributed by atoms with Crippen LogP contribution in [0.15, 0.2) is 0 Å². The lowest BCUT2D eigenvalue weighted by atomic mass is 10.1. The van der Waals surface area contributed by atoms with Crippen LogP contribution in [0.4, 0.5) is 0 Å². The second-order valence-corrected chi connectivity index (χ2v) is 5.08. The SMILES string of the molecule is CC1CCC(NCC(=O)N2CCCC2)C1. The van der Waals surface area contributed by atoms with E-state index in [0.29, 0.717) is 18.5 Å². The monoisotopic (exact) mass is 210 g/mol. The molecule has 0 aromatic carbocycles. The van der Waals surface area contributed by atoms with Crippen LogP contribution in [0, 0.1) is 5.92 Å². The Bertz CT molecular complexity index is 224. The third-order valence-electron chi connectivity index (χ3n) is 3.70. The van der Waals surface area contributed by atoms with Crippen LogP contribution in [0.5, 0.6) is 0 Å². The van der Waals surface area contributed by atoms with Crippen molar-refractivity contribution in [3.8, 4) is 0 Å². The molecule has 3 nitrogen and oxygen atoms in total. The van der Waals surface area contributed by atoms with Gasteiger partial charge >= 0.3 is 0 Å². The summed E-state index contributed by atoms with van der Waals surface area (Å²) in [5.74, 6) is 1.14. The molecule has 2 rings (SSSR count). The van der Waals surface area contributed by atoms with Gasteiger partial charge in [0.05, 0.1) is 6.54 Å². The van der Waals surface area contributed by atoms with Crippen molar-refractivity contribution in [1.82, 2.24) is 10.2 Å². The number of hydrogen-bond acceptors (Lipinski definition) is 2. The fraction of sp³-hybridized carbons (Fsp3) is 0.917. The molecular weight excluding hydrogens is 188 g/mol. The highest BCUT2D eigenvalue weighted by Gasteiger charge is 2.23. The molecule has 1 heterocycles. The van der Waals surface area contributed by atoms with Gasteiger partial charge in [-0.2, -0.15) is 0 Å². The fourth-order valence-electron chi connectivity index (χ4n) is 2.70. The van der Waals surface area contributed by atoms with E-state index in [4.69, 9.17) is 0 Å². The van der Waals surface area contributed by atoms with E-state index in [1.165, 1.54) is 32.1 Å². The van der Waals surface area contributed by atoms with Crippen LogP contribution in [0.2, 0.25) is 0 Å². The third kappa shape index (κ3) is 2.94. The molecular formula is C12H22N2O. The van der Waals surface area contributed by atoms with E-state index in [1.54, 1.807) is 0 Å². The first-order chi connectivity index (χ1) is 7.25. The zero-order valence-corrected chi connectivity index (χ0v) is 9.67. The predicted molar refractivity (Wildman–Crippen MR) is 60.6 cm³/mol. The maximum absolute atomic E-state index is 11.7. The minimum atomic E-state index is 0.298. The summed E-state index contributed by atoms with van der Waals surface area (Å²) < 4.78 is 0. The number of rotatable bonds is 3. The molecule has 1 aliphatic heterocycles. The molecule has 3 heteroatoms. The Balaban J connectivity index is 1.66. The summed E-state index contributed by atoms with van der Waals surface area (Å²) in [5, 5.41) is 3.40. The Hall–Kier alpha value is -0.570. The van der Waals surface area contributed by atoms with Crippen LogP contribution in [0.25, 0.3) is 0 Å². The van der Waals surface area contributed by atoms with Crippen LogP contribution >= 0.6 is 0 Å². The average molecular weight is 210 g/mol. The summed E-state index contributed by atoms with van der Waals surface area (Å²) in [6.07, 6.45) is 6.18. The van der Waals surface area contributed by atoms with E-state index in [-0.39, 0.29) is 0 Å². The van der Waals surface area contributed by atoms with Gasteiger partial charge in [-0.3, -0.25) is 4.79 Å². The summed E-state index contributed by atoms with van der Waals surface area (Å²) in [5.41, 5.74) is 0.